The Balaban J connectivity index is 1.42. The van der Waals surface area contributed by atoms with Gasteiger partial charge in [0.1, 0.15) is 11.4 Å². The average Bonchev–Trinajstić information content (AvgIpc) is 3.67. The molecule has 3 aromatic rings. The maximum Gasteiger partial charge on any atom is 0.393 e. The Bertz CT molecular complexity index is 1360. The van der Waals surface area contributed by atoms with Crippen LogP contribution in [0.4, 0.5) is 24.5 Å². The van der Waals surface area contributed by atoms with E-state index in [0.717, 1.165) is 0 Å². The molecule has 3 N–H and O–H groups in total. The second-order valence-electron chi connectivity index (χ2n) is 9.78. The molecule has 2 saturated heterocycles. The molecule has 0 atom stereocenters. The van der Waals surface area contributed by atoms with Crippen LogP contribution in [0.15, 0.2) is 48.8 Å². The molecule has 2 aliphatic heterocycles. The van der Waals surface area contributed by atoms with Crippen molar-refractivity contribution >= 4 is 29.2 Å². The molecule has 1 aromatic carbocycles. The van der Waals surface area contributed by atoms with E-state index in [1.807, 2.05) is 0 Å². The largest absolute Gasteiger partial charge is 0.478 e. The van der Waals surface area contributed by atoms with Crippen molar-refractivity contribution in [2.24, 2.45) is 0 Å². The first-order valence-corrected chi connectivity index (χ1v) is 12.9. The minimum Gasteiger partial charge on any atom is -0.478 e. The summed E-state index contributed by atoms with van der Waals surface area (Å²) in [5, 5.41) is 9.93. The van der Waals surface area contributed by atoms with E-state index in [2.05, 4.69) is 9.97 Å². The quantitative estimate of drug-likeness (QED) is 0.429. The van der Waals surface area contributed by atoms with E-state index >= 15 is 0 Å². The van der Waals surface area contributed by atoms with Crippen molar-refractivity contribution < 1.29 is 32.7 Å². The smallest absolute Gasteiger partial charge is 0.393 e. The Morgan fingerprint density at radius 2 is 1.25 bits per heavy atom. The Morgan fingerprint density at radius 3 is 1.68 bits per heavy atom. The predicted octanol–water partition coefficient (Wildman–Crippen LogP) is 3.07. The van der Waals surface area contributed by atoms with Crippen LogP contribution < -0.4 is 9.80 Å². The number of alkyl halides is 3. The number of piperazine rings is 2. The van der Waals surface area contributed by atoms with Crippen LogP contribution in [0.2, 0.25) is 0 Å². The lowest BCUT2D eigenvalue weighted by Gasteiger charge is -2.40. The summed E-state index contributed by atoms with van der Waals surface area (Å²) in [4.78, 5) is 50.0. The van der Waals surface area contributed by atoms with Crippen molar-refractivity contribution in [1.82, 2.24) is 19.8 Å². The van der Waals surface area contributed by atoms with Crippen molar-refractivity contribution in [2.75, 3.05) is 62.2 Å². The third-order valence-corrected chi connectivity index (χ3v) is 7.31. The van der Waals surface area contributed by atoms with E-state index in [9.17, 15) is 32.7 Å². The maximum absolute atomic E-state index is 13.9. The molecule has 2 aromatic heterocycles. The van der Waals surface area contributed by atoms with Crippen LogP contribution >= 0.6 is 0 Å². The molecule has 5 rings (SSSR count). The molecule has 0 radical (unpaired) electrons. The third-order valence-electron chi connectivity index (χ3n) is 7.31. The van der Waals surface area contributed by atoms with Crippen LogP contribution in [0, 0.1) is 0 Å². The normalized spacial score (nSPS) is 16.4. The molecular weight excluding hydrogens is 529 g/mol. The standard InChI is InChI=1S/C27H29F3N6O4/c28-27(29,30)17-19-22(33-9-13-35(14-10-33)24(37)20-3-1-7-31-20)6-5-18(26(39)40)23(19)34-11-15-36(16-12-34)25(38)21-4-2-8-32-21/h1-8,31-32H,9-17H2,(H,39,40). The first-order chi connectivity index (χ1) is 19.1. The van der Waals surface area contributed by atoms with Crippen LogP contribution in [0.25, 0.3) is 0 Å². The molecule has 2 aliphatic rings. The number of carboxylic acids is 1. The lowest BCUT2D eigenvalue weighted by Crippen LogP contribution is -2.50. The highest BCUT2D eigenvalue weighted by atomic mass is 19.4. The van der Waals surface area contributed by atoms with Gasteiger partial charge < -0.3 is 34.7 Å². The molecule has 0 unspecified atom stereocenters. The van der Waals surface area contributed by atoms with Gasteiger partial charge >= 0.3 is 12.1 Å². The molecular formula is C27H29F3N6O4. The predicted molar refractivity (Wildman–Crippen MR) is 141 cm³/mol. The molecule has 4 heterocycles. The number of nitrogens with zero attached hydrogens (tertiary/aromatic N) is 4. The Labute approximate surface area is 228 Å². The van der Waals surface area contributed by atoms with Crippen molar-refractivity contribution in [3.8, 4) is 0 Å². The monoisotopic (exact) mass is 558 g/mol. The summed E-state index contributed by atoms with van der Waals surface area (Å²) in [7, 11) is 0. The van der Waals surface area contributed by atoms with Gasteiger partial charge in [-0.25, -0.2) is 4.79 Å². The van der Waals surface area contributed by atoms with E-state index in [1.54, 1.807) is 56.3 Å². The summed E-state index contributed by atoms with van der Waals surface area (Å²) in [5.41, 5.74) is 0.850. The third kappa shape index (κ3) is 5.63. The SMILES string of the molecule is O=C(O)c1ccc(N2CCN(C(=O)c3ccc[nH]3)CC2)c(CC(F)(F)F)c1N1CCN(C(=O)c2ccc[nH]2)CC1. The molecule has 13 heteroatoms. The van der Waals surface area contributed by atoms with E-state index in [0.29, 0.717) is 43.3 Å². The molecule has 2 fully saturated rings. The zero-order valence-corrected chi connectivity index (χ0v) is 21.6. The second kappa shape index (κ2) is 11.0. The average molecular weight is 559 g/mol. The molecule has 0 aliphatic carbocycles. The Hall–Kier alpha value is -4.42. The van der Waals surface area contributed by atoms with Gasteiger partial charge in [0.15, 0.2) is 0 Å². The van der Waals surface area contributed by atoms with E-state index in [-0.39, 0.29) is 54.8 Å². The van der Waals surface area contributed by atoms with Crippen LogP contribution in [-0.4, -0.2) is 101 Å². The molecule has 212 valence electrons. The van der Waals surface area contributed by atoms with Crippen molar-refractivity contribution in [3.05, 3.63) is 71.3 Å². The molecule has 0 saturated carbocycles. The number of anilines is 2. The fourth-order valence-corrected chi connectivity index (χ4v) is 5.38. The minimum absolute atomic E-state index is 0.0270. The van der Waals surface area contributed by atoms with Gasteiger partial charge in [-0.2, -0.15) is 13.2 Å². The molecule has 10 nitrogen and oxygen atoms in total. The summed E-state index contributed by atoms with van der Waals surface area (Å²) >= 11 is 0. The highest BCUT2D eigenvalue weighted by Gasteiger charge is 2.36. The number of carbonyl (C=O) groups is 3. The van der Waals surface area contributed by atoms with E-state index in [1.165, 1.54) is 12.1 Å². The molecule has 40 heavy (non-hydrogen) atoms. The highest BCUT2D eigenvalue weighted by Crippen LogP contribution is 2.39. The van der Waals surface area contributed by atoms with Gasteiger partial charge in [0.25, 0.3) is 11.8 Å². The second-order valence-corrected chi connectivity index (χ2v) is 9.78. The number of carboxylic acid groups (broad SMARTS) is 1. The van der Waals surface area contributed by atoms with Crippen LogP contribution in [-0.2, 0) is 6.42 Å². The number of amides is 2. The fourth-order valence-electron chi connectivity index (χ4n) is 5.38. The summed E-state index contributed by atoms with van der Waals surface area (Å²) in [6.07, 6.45) is -2.61. The highest BCUT2D eigenvalue weighted by molar-refractivity contribution is 5.97. The summed E-state index contributed by atoms with van der Waals surface area (Å²) in [6.45, 7) is 2.01. The van der Waals surface area contributed by atoms with Gasteiger partial charge in [-0.05, 0) is 36.4 Å². The lowest BCUT2D eigenvalue weighted by molar-refractivity contribution is -0.127. The van der Waals surface area contributed by atoms with Crippen molar-refractivity contribution in [3.63, 3.8) is 0 Å². The van der Waals surface area contributed by atoms with Gasteiger partial charge in [0.2, 0.25) is 0 Å². The van der Waals surface area contributed by atoms with E-state index in [4.69, 9.17) is 0 Å². The summed E-state index contributed by atoms with van der Waals surface area (Å²) in [6, 6.07) is 9.51. The van der Waals surface area contributed by atoms with Crippen molar-refractivity contribution in [1.29, 1.82) is 0 Å². The molecule has 0 spiro atoms. The van der Waals surface area contributed by atoms with Gasteiger partial charge in [-0.15, -0.1) is 0 Å². The van der Waals surface area contributed by atoms with Gasteiger partial charge in [-0.3, -0.25) is 9.59 Å². The number of aromatic carboxylic acids is 1. The minimum atomic E-state index is -4.59. The number of nitrogens with one attached hydrogen (secondary N) is 2. The first-order valence-electron chi connectivity index (χ1n) is 12.9. The van der Waals surface area contributed by atoms with Gasteiger partial charge in [0, 0.05) is 76.0 Å². The van der Waals surface area contributed by atoms with Crippen LogP contribution in [0.5, 0.6) is 0 Å². The van der Waals surface area contributed by atoms with Crippen molar-refractivity contribution in [2.45, 2.75) is 12.6 Å². The summed E-state index contributed by atoms with van der Waals surface area (Å²) in [5.74, 6) is -1.73. The number of aromatic amines is 2. The van der Waals surface area contributed by atoms with Gasteiger partial charge in [-0.1, -0.05) is 0 Å². The zero-order valence-electron chi connectivity index (χ0n) is 21.6. The van der Waals surface area contributed by atoms with Crippen LogP contribution in [0.1, 0.15) is 36.9 Å². The number of carbonyl (C=O) groups excluding carboxylic acids is 2. The number of hydrogen-bond donors (Lipinski definition) is 3. The molecule has 0 bridgehead atoms. The number of rotatable bonds is 6. The van der Waals surface area contributed by atoms with E-state index < -0.39 is 18.6 Å². The number of H-pyrrole nitrogens is 2. The number of aromatic nitrogens is 2. The first kappa shape index (κ1) is 27.2. The fraction of sp³-hybridized carbons (Fsp3) is 0.370. The number of hydrogen-bond acceptors (Lipinski definition) is 5. The topological polar surface area (TPSA) is 116 Å². The van der Waals surface area contributed by atoms with Crippen LogP contribution in [0.3, 0.4) is 0 Å². The molecule has 2 amide bonds. The summed E-state index contributed by atoms with van der Waals surface area (Å²) < 4.78 is 41.8. The number of benzene rings is 1. The maximum atomic E-state index is 13.9. The zero-order chi connectivity index (χ0) is 28.4. The lowest BCUT2D eigenvalue weighted by atomic mass is 9.98. The number of halogens is 3. The Morgan fingerprint density at radius 1 is 0.750 bits per heavy atom. The Kier molecular flexibility index (Phi) is 7.46. The van der Waals surface area contributed by atoms with Gasteiger partial charge in [0.05, 0.1) is 17.7 Å².